The molecule has 1 atom stereocenters. The number of ether oxygens (including phenoxy) is 3. The SMILES string of the molecule is COc1cc2c(N3CCN(C(=O)Nc4ccc(OC(C)C)cc4)CC3)c(CO)cnc2cc1OCCCC1CCCNC1. The van der Waals surface area contributed by atoms with E-state index in [1.54, 1.807) is 13.3 Å². The fourth-order valence-electron chi connectivity index (χ4n) is 5.94. The van der Waals surface area contributed by atoms with E-state index in [0.717, 1.165) is 65.4 Å². The van der Waals surface area contributed by atoms with Gasteiger partial charge in [-0.2, -0.15) is 0 Å². The first-order valence-electron chi connectivity index (χ1n) is 15.5. The van der Waals surface area contributed by atoms with Gasteiger partial charge < -0.3 is 39.8 Å². The van der Waals surface area contributed by atoms with Crippen molar-refractivity contribution in [3.63, 3.8) is 0 Å². The van der Waals surface area contributed by atoms with Crippen molar-refractivity contribution in [2.45, 2.75) is 52.2 Å². The lowest BCUT2D eigenvalue weighted by Crippen LogP contribution is -2.50. The summed E-state index contributed by atoms with van der Waals surface area (Å²) in [5, 5.41) is 17.6. The van der Waals surface area contributed by atoms with E-state index < -0.39 is 0 Å². The van der Waals surface area contributed by atoms with Gasteiger partial charge in [-0.05, 0) is 88.9 Å². The summed E-state index contributed by atoms with van der Waals surface area (Å²) in [6, 6.07) is 11.2. The monoisotopic (exact) mass is 591 g/mol. The number of carbonyl (C=O) groups excluding carboxylic acids is 1. The predicted molar refractivity (Wildman–Crippen MR) is 170 cm³/mol. The number of nitrogens with one attached hydrogen (secondary N) is 2. The number of methoxy groups -OCH3 is 1. The molecule has 1 aromatic heterocycles. The zero-order valence-corrected chi connectivity index (χ0v) is 25.6. The number of aliphatic hydroxyl groups is 1. The summed E-state index contributed by atoms with van der Waals surface area (Å²) in [5.74, 6) is 2.82. The highest BCUT2D eigenvalue weighted by Crippen LogP contribution is 2.38. The number of piperidine rings is 1. The van der Waals surface area contributed by atoms with E-state index in [-0.39, 0.29) is 18.7 Å². The highest BCUT2D eigenvalue weighted by Gasteiger charge is 2.25. The molecule has 2 aliphatic rings. The minimum Gasteiger partial charge on any atom is -0.493 e. The van der Waals surface area contributed by atoms with Gasteiger partial charge in [0, 0.05) is 55.1 Å². The molecule has 10 nitrogen and oxygen atoms in total. The van der Waals surface area contributed by atoms with E-state index in [0.29, 0.717) is 44.3 Å². The molecule has 0 saturated carbocycles. The van der Waals surface area contributed by atoms with Gasteiger partial charge in [0.1, 0.15) is 5.75 Å². The molecular weight excluding hydrogens is 546 g/mol. The number of hydrogen-bond donors (Lipinski definition) is 3. The molecule has 10 heteroatoms. The summed E-state index contributed by atoms with van der Waals surface area (Å²) in [6.45, 7) is 9.01. The molecule has 2 fully saturated rings. The van der Waals surface area contributed by atoms with Gasteiger partial charge in [-0.1, -0.05) is 0 Å². The smallest absolute Gasteiger partial charge is 0.321 e. The van der Waals surface area contributed by atoms with Crippen LogP contribution in [0, 0.1) is 5.92 Å². The number of carbonyl (C=O) groups is 1. The molecule has 2 aromatic carbocycles. The van der Waals surface area contributed by atoms with Crippen molar-refractivity contribution >= 4 is 28.3 Å². The molecule has 0 bridgehead atoms. The van der Waals surface area contributed by atoms with Gasteiger partial charge in [-0.3, -0.25) is 4.98 Å². The van der Waals surface area contributed by atoms with Gasteiger partial charge in [0.25, 0.3) is 0 Å². The minimum absolute atomic E-state index is 0.0934. The number of aliphatic hydroxyl groups excluding tert-OH is 1. The summed E-state index contributed by atoms with van der Waals surface area (Å²) in [7, 11) is 1.65. The van der Waals surface area contributed by atoms with Gasteiger partial charge in [0.2, 0.25) is 0 Å². The van der Waals surface area contributed by atoms with Crippen LogP contribution >= 0.6 is 0 Å². The lowest BCUT2D eigenvalue weighted by molar-refractivity contribution is 0.208. The summed E-state index contributed by atoms with van der Waals surface area (Å²) < 4.78 is 17.6. The maximum absolute atomic E-state index is 13.0. The number of nitrogens with zero attached hydrogens (tertiary/aromatic N) is 3. The second-order valence-electron chi connectivity index (χ2n) is 11.6. The van der Waals surface area contributed by atoms with Crippen LogP contribution in [0.15, 0.2) is 42.6 Å². The molecule has 0 spiro atoms. The first-order valence-corrected chi connectivity index (χ1v) is 15.5. The minimum atomic E-state index is -0.137. The predicted octanol–water partition coefficient (Wildman–Crippen LogP) is 5.04. The Morgan fingerprint density at radius 3 is 2.60 bits per heavy atom. The number of rotatable bonds is 11. The van der Waals surface area contributed by atoms with Crippen molar-refractivity contribution in [3.05, 3.63) is 48.2 Å². The van der Waals surface area contributed by atoms with E-state index in [1.165, 1.54) is 12.8 Å². The van der Waals surface area contributed by atoms with Crippen molar-refractivity contribution < 1.29 is 24.1 Å². The summed E-state index contributed by atoms with van der Waals surface area (Å²) in [4.78, 5) is 21.7. The van der Waals surface area contributed by atoms with E-state index in [1.807, 2.05) is 55.1 Å². The van der Waals surface area contributed by atoms with E-state index >= 15 is 0 Å². The molecule has 3 N–H and O–H groups in total. The normalized spacial score (nSPS) is 17.3. The molecule has 232 valence electrons. The number of amides is 2. The van der Waals surface area contributed by atoms with Crippen LogP contribution in [0.3, 0.4) is 0 Å². The van der Waals surface area contributed by atoms with Crippen LogP contribution in [-0.4, -0.2) is 80.1 Å². The summed E-state index contributed by atoms with van der Waals surface area (Å²) >= 11 is 0. The number of pyridine rings is 1. The Bertz CT molecular complexity index is 1350. The highest BCUT2D eigenvalue weighted by molar-refractivity contribution is 5.96. The van der Waals surface area contributed by atoms with Crippen LogP contribution in [-0.2, 0) is 6.61 Å². The Labute approximate surface area is 254 Å². The Hall–Kier alpha value is -3.76. The molecule has 1 unspecified atom stereocenters. The molecule has 5 rings (SSSR count). The number of fused-ring (bicyclic) bond motifs is 1. The van der Waals surface area contributed by atoms with Crippen LogP contribution < -0.4 is 29.7 Å². The van der Waals surface area contributed by atoms with Gasteiger partial charge in [-0.15, -0.1) is 0 Å². The van der Waals surface area contributed by atoms with Crippen molar-refractivity contribution in [3.8, 4) is 17.2 Å². The second-order valence-corrected chi connectivity index (χ2v) is 11.6. The molecule has 0 aliphatic carbocycles. The van der Waals surface area contributed by atoms with Gasteiger partial charge >= 0.3 is 6.03 Å². The number of anilines is 2. The van der Waals surface area contributed by atoms with Crippen LogP contribution in [0.1, 0.15) is 45.1 Å². The van der Waals surface area contributed by atoms with Crippen LogP contribution in [0.25, 0.3) is 10.9 Å². The van der Waals surface area contributed by atoms with E-state index in [2.05, 4.69) is 20.5 Å². The van der Waals surface area contributed by atoms with E-state index in [4.69, 9.17) is 14.2 Å². The number of benzene rings is 2. The molecule has 3 heterocycles. The molecular formula is C33H45N5O5. The summed E-state index contributed by atoms with van der Waals surface area (Å²) in [5.41, 5.74) is 3.17. The fraction of sp³-hybridized carbons (Fsp3) is 0.515. The number of aromatic nitrogens is 1. The average Bonchev–Trinajstić information content (AvgIpc) is 3.03. The lowest BCUT2D eigenvalue weighted by Gasteiger charge is -2.37. The molecule has 2 aliphatic heterocycles. The maximum Gasteiger partial charge on any atom is 0.321 e. The molecule has 3 aromatic rings. The van der Waals surface area contributed by atoms with Crippen LogP contribution in [0.5, 0.6) is 17.2 Å². The topological polar surface area (TPSA) is 108 Å². The molecule has 2 saturated heterocycles. The van der Waals surface area contributed by atoms with Gasteiger partial charge in [0.05, 0.1) is 37.6 Å². The zero-order chi connectivity index (χ0) is 30.2. The highest BCUT2D eigenvalue weighted by atomic mass is 16.5. The van der Waals surface area contributed by atoms with Crippen molar-refractivity contribution in [2.24, 2.45) is 5.92 Å². The Kier molecular flexibility index (Phi) is 10.4. The van der Waals surface area contributed by atoms with E-state index in [9.17, 15) is 9.90 Å². The van der Waals surface area contributed by atoms with Crippen molar-refractivity contribution in [1.29, 1.82) is 0 Å². The summed E-state index contributed by atoms with van der Waals surface area (Å²) in [6.07, 6.45) is 6.50. The van der Waals surface area contributed by atoms with Crippen molar-refractivity contribution in [2.75, 3.05) is 63.2 Å². The van der Waals surface area contributed by atoms with Crippen LogP contribution in [0.2, 0.25) is 0 Å². The fourth-order valence-corrected chi connectivity index (χ4v) is 5.94. The van der Waals surface area contributed by atoms with Gasteiger partial charge in [-0.25, -0.2) is 4.79 Å². The third-order valence-corrected chi connectivity index (χ3v) is 8.14. The van der Waals surface area contributed by atoms with Crippen LogP contribution in [0.4, 0.5) is 16.2 Å². The maximum atomic E-state index is 13.0. The zero-order valence-electron chi connectivity index (χ0n) is 25.6. The second kappa shape index (κ2) is 14.6. The number of hydrogen-bond acceptors (Lipinski definition) is 8. The number of urea groups is 1. The lowest BCUT2D eigenvalue weighted by atomic mass is 9.95. The largest absolute Gasteiger partial charge is 0.493 e. The number of piperazine rings is 1. The quantitative estimate of drug-likeness (QED) is 0.267. The Morgan fingerprint density at radius 1 is 1.14 bits per heavy atom. The third kappa shape index (κ3) is 7.80. The molecule has 2 amide bonds. The standard InChI is InChI=1S/C33H45N5O5/c1-23(2)43-27-10-8-26(9-11-27)36-33(40)38-15-13-37(14-16-38)32-25(22-39)21-35-29-19-31(30(41-3)18-28(29)32)42-17-5-7-24-6-4-12-34-20-24/h8-11,18-19,21,23-24,34,39H,4-7,12-17,20,22H2,1-3H3,(H,36,40). The first-order chi connectivity index (χ1) is 20.9. The Morgan fingerprint density at radius 2 is 1.93 bits per heavy atom. The molecule has 43 heavy (non-hydrogen) atoms. The first kappa shape index (κ1) is 30.7. The molecule has 0 radical (unpaired) electrons. The third-order valence-electron chi connectivity index (χ3n) is 8.14. The van der Waals surface area contributed by atoms with Gasteiger partial charge in [0.15, 0.2) is 11.5 Å². The average molecular weight is 592 g/mol. The Balaban J connectivity index is 1.23. The van der Waals surface area contributed by atoms with Crippen molar-refractivity contribution in [1.82, 2.24) is 15.2 Å².